The van der Waals surface area contributed by atoms with Gasteiger partial charge in [-0.25, -0.2) is 0 Å². The van der Waals surface area contributed by atoms with Gasteiger partial charge in [0.25, 0.3) is 0 Å². The standard InChI is InChI=1S/C11H14O4/c12-10(13)5-6-11(14)15-8-7-9-3-1-2-4-9/h1-4,9H,5-8H2,(H,12,13). The van der Waals surface area contributed by atoms with E-state index in [1.54, 1.807) is 0 Å². The first-order valence-corrected chi connectivity index (χ1v) is 4.91. The zero-order valence-corrected chi connectivity index (χ0v) is 8.39. The lowest BCUT2D eigenvalue weighted by Gasteiger charge is -2.06. The Labute approximate surface area is 88.2 Å². The summed E-state index contributed by atoms with van der Waals surface area (Å²) in [7, 11) is 0. The van der Waals surface area contributed by atoms with Crippen LogP contribution in [0.3, 0.4) is 0 Å². The summed E-state index contributed by atoms with van der Waals surface area (Å²) in [6.45, 7) is 0.345. The molecule has 0 unspecified atom stereocenters. The van der Waals surface area contributed by atoms with E-state index in [1.165, 1.54) is 0 Å². The molecule has 82 valence electrons. The number of aliphatic carboxylic acids is 1. The molecule has 0 aromatic rings. The van der Waals surface area contributed by atoms with E-state index in [0.29, 0.717) is 12.5 Å². The van der Waals surface area contributed by atoms with Crippen molar-refractivity contribution in [3.63, 3.8) is 0 Å². The Kier molecular flexibility index (Phi) is 4.60. The van der Waals surface area contributed by atoms with Crippen LogP contribution in [0.2, 0.25) is 0 Å². The third-order valence-corrected chi connectivity index (χ3v) is 2.08. The van der Waals surface area contributed by atoms with Crippen molar-refractivity contribution in [1.82, 2.24) is 0 Å². The van der Waals surface area contributed by atoms with Gasteiger partial charge < -0.3 is 9.84 Å². The molecule has 0 saturated carbocycles. The molecule has 0 atom stereocenters. The van der Waals surface area contributed by atoms with Gasteiger partial charge in [0, 0.05) is 0 Å². The van der Waals surface area contributed by atoms with Crippen molar-refractivity contribution in [3.8, 4) is 0 Å². The number of ether oxygens (including phenoxy) is 1. The lowest BCUT2D eigenvalue weighted by atomic mass is 10.1. The summed E-state index contributed by atoms with van der Waals surface area (Å²) in [4.78, 5) is 21.2. The molecule has 0 aromatic heterocycles. The summed E-state index contributed by atoms with van der Waals surface area (Å²) in [5.74, 6) is -1.07. The molecule has 1 aliphatic carbocycles. The Morgan fingerprint density at radius 1 is 1.20 bits per heavy atom. The van der Waals surface area contributed by atoms with E-state index in [-0.39, 0.29) is 12.8 Å². The van der Waals surface area contributed by atoms with Crippen LogP contribution in [0.5, 0.6) is 0 Å². The SMILES string of the molecule is O=C(O)CCC(=O)OCCC1C=CC=C1. The van der Waals surface area contributed by atoms with Crippen LogP contribution in [0.25, 0.3) is 0 Å². The van der Waals surface area contributed by atoms with Crippen molar-refractivity contribution >= 4 is 11.9 Å². The highest BCUT2D eigenvalue weighted by Crippen LogP contribution is 2.12. The first-order valence-electron chi connectivity index (χ1n) is 4.91. The maximum atomic E-state index is 11.0. The number of carboxylic acids is 1. The molecule has 0 heterocycles. The summed E-state index contributed by atoms with van der Waals surface area (Å²) in [6, 6.07) is 0. The van der Waals surface area contributed by atoms with Gasteiger partial charge in [0.2, 0.25) is 0 Å². The molecule has 0 amide bonds. The fourth-order valence-electron chi connectivity index (χ4n) is 1.26. The molecule has 0 fully saturated rings. The number of carboxylic acid groups (broad SMARTS) is 1. The maximum absolute atomic E-state index is 11.0. The third-order valence-electron chi connectivity index (χ3n) is 2.08. The average molecular weight is 210 g/mol. The first-order chi connectivity index (χ1) is 7.18. The molecule has 0 radical (unpaired) electrons. The van der Waals surface area contributed by atoms with E-state index in [4.69, 9.17) is 9.84 Å². The average Bonchev–Trinajstić information content (AvgIpc) is 2.67. The fourth-order valence-corrected chi connectivity index (χ4v) is 1.26. The molecule has 1 N–H and O–H groups in total. The Morgan fingerprint density at radius 3 is 2.47 bits per heavy atom. The van der Waals surface area contributed by atoms with E-state index in [2.05, 4.69) is 0 Å². The van der Waals surface area contributed by atoms with Gasteiger partial charge in [0.1, 0.15) is 0 Å². The molecule has 0 spiro atoms. The predicted octanol–water partition coefficient (Wildman–Crippen LogP) is 1.53. The Balaban J connectivity index is 2.04. The molecule has 0 aromatic carbocycles. The summed E-state index contributed by atoms with van der Waals surface area (Å²) >= 11 is 0. The quantitative estimate of drug-likeness (QED) is 0.675. The van der Waals surface area contributed by atoms with Crippen LogP contribution in [-0.2, 0) is 14.3 Å². The predicted molar refractivity (Wildman–Crippen MR) is 54.2 cm³/mol. The second-order valence-electron chi connectivity index (χ2n) is 3.34. The Bertz CT molecular complexity index is 279. The van der Waals surface area contributed by atoms with E-state index in [0.717, 1.165) is 6.42 Å². The minimum atomic E-state index is -0.978. The van der Waals surface area contributed by atoms with Crippen LogP contribution in [0.4, 0.5) is 0 Å². The van der Waals surface area contributed by atoms with Gasteiger partial charge in [-0.15, -0.1) is 0 Å². The normalized spacial score (nSPS) is 14.4. The highest BCUT2D eigenvalue weighted by Gasteiger charge is 2.08. The lowest BCUT2D eigenvalue weighted by Crippen LogP contribution is -2.09. The van der Waals surface area contributed by atoms with E-state index in [1.807, 2.05) is 24.3 Å². The van der Waals surface area contributed by atoms with Gasteiger partial charge in [-0.3, -0.25) is 9.59 Å². The van der Waals surface area contributed by atoms with Gasteiger partial charge >= 0.3 is 11.9 Å². The summed E-state index contributed by atoms with van der Waals surface area (Å²) in [6.07, 6.45) is 8.52. The molecular formula is C11H14O4. The van der Waals surface area contributed by atoms with Gasteiger partial charge in [-0.1, -0.05) is 24.3 Å². The highest BCUT2D eigenvalue weighted by atomic mass is 16.5. The Morgan fingerprint density at radius 2 is 1.87 bits per heavy atom. The molecule has 0 saturated heterocycles. The molecule has 1 rings (SSSR count). The molecule has 0 bridgehead atoms. The van der Waals surface area contributed by atoms with Gasteiger partial charge in [0.15, 0.2) is 0 Å². The van der Waals surface area contributed by atoms with E-state index >= 15 is 0 Å². The van der Waals surface area contributed by atoms with Crippen molar-refractivity contribution in [2.75, 3.05) is 6.61 Å². The van der Waals surface area contributed by atoms with Gasteiger partial charge in [-0.2, -0.15) is 0 Å². The third kappa shape index (κ3) is 5.00. The molecule has 1 aliphatic rings. The number of esters is 1. The van der Waals surface area contributed by atoms with Crippen molar-refractivity contribution < 1.29 is 19.4 Å². The van der Waals surface area contributed by atoms with Crippen LogP contribution < -0.4 is 0 Å². The second-order valence-corrected chi connectivity index (χ2v) is 3.34. The number of rotatable bonds is 6. The number of allylic oxidation sites excluding steroid dienone is 4. The number of carbonyl (C=O) groups excluding carboxylic acids is 1. The number of hydrogen-bond donors (Lipinski definition) is 1. The lowest BCUT2D eigenvalue weighted by molar-refractivity contribution is -0.147. The minimum absolute atomic E-state index is 0.0499. The molecule has 4 nitrogen and oxygen atoms in total. The summed E-state index contributed by atoms with van der Waals surface area (Å²) in [5.41, 5.74) is 0. The topological polar surface area (TPSA) is 63.6 Å². The van der Waals surface area contributed by atoms with Gasteiger partial charge in [-0.05, 0) is 12.3 Å². The van der Waals surface area contributed by atoms with Crippen LogP contribution in [0, 0.1) is 5.92 Å². The smallest absolute Gasteiger partial charge is 0.306 e. The van der Waals surface area contributed by atoms with E-state index < -0.39 is 11.9 Å². The van der Waals surface area contributed by atoms with Crippen LogP contribution in [0.1, 0.15) is 19.3 Å². The van der Waals surface area contributed by atoms with Crippen LogP contribution in [0.15, 0.2) is 24.3 Å². The Hall–Kier alpha value is -1.58. The second kappa shape index (κ2) is 6.01. The molecular weight excluding hydrogens is 196 g/mol. The summed E-state index contributed by atoms with van der Waals surface area (Å²) in [5, 5.41) is 8.33. The zero-order chi connectivity index (χ0) is 11.1. The van der Waals surface area contributed by atoms with E-state index in [9.17, 15) is 9.59 Å². The largest absolute Gasteiger partial charge is 0.481 e. The molecule has 0 aliphatic heterocycles. The zero-order valence-electron chi connectivity index (χ0n) is 8.39. The van der Waals surface area contributed by atoms with Crippen LogP contribution >= 0.6 is 0 Å². The maximum Gasteiger partial charge on any atom is 0.306 e. The first kappa shape index (κ1) is 11.5. The van der Waals surface area contributed by atoms with Crippen molar-refractivity contribution in [1.29, 1.82) is 0 Å². The highest BCUT2D eigenvalue weighted by molar-refractivity contribution is 5.76. The monoisotopic (exact) mass is 210 g/mol. The number of carbonyl (C=O) groups is 2. The molecule has 15 heavy (non-hydrogen) atoms. The fraction of sp³-hybridized carbons (Fsp3) is 0.455. The number of hydrogen-bond acceptors (Lipinski definition) is 3. The van der Waals surface area contributed by atoms with Crippen LogP contribution in [-0.4, -0.2) is 23.7 Å². The van der Waals surface area contributed by atoms with Crippen molar-refractivity contribution in [2.24, 2.45) is 5.92 Å². The summed E-state index contributed by atoms with van der Waals surface area (Å²) < 4.78 is 4.88. The minimum Gasteiger partial charge on any atom is -0.481 e. The van der Waals surface area contributed by atoms with Gasteiger partial charge in [0.05, 0.1) is 19.4 Å². The molecule has 4 heteroatoms. The van der Waals surface area contributed by atoms with Crippen molar-refractivity contribution in [2.45, 2.75) is 19.3 Å². The van der Waals surface area contributed by atoms with Crippen molar-refractivity contribution in [3.05, 3.63) is 24.3 Å².